The van der Waals surface area contributed by atoms with Gasteiger partial charge in [0.2, 0.25) is 5.91 Å². The molecule has 0 bridgehead atoms. The summed E-state index contributed by atoms with van der Waals surface area (Å²) in [7, 11) is 0. The second-order valence-corrected chi connectivity index (χ2v) is 3.99. The van der Waals surface area contributed by atoms with Gasteiger partial charge in [-0.15, -0.1) is 0 Å². The van der Waals surface area contributed by atoms with Crippen LogP contribution in [0.2, 0.25) is 0 Å². The van der Waals surface area contributed by atoms with Crippen LogP contribution in [0.25, 0.3) is 0 Å². The second-order valence-electron chi connectivity index (χ2n) is 3.99. The van der Waals surface area contributed by atoms with Gasteiger partial charge in [-0.2, -0.15) is 0 Å². The summed E-state index contributed by atoms with van der Waals surface area (Å²) in [6, 6.07) is 2.30. The number of benzene rings is 1. The van der Waals surface area contributed by atoms with E-state index < -0.39 is 16.9 Å². The Balaban J connectivity index is 3.17. The van der Waals surface area contributed by atoms with E-state index in [0.717, 1.165) is 11.1 Å². The number of carbonyl (C=O) groups is 1. The molecule has 92 valence electrons. The monoisotopic (exact) mass is 237 g/mol. The third kappa shape index (κ3) is 3.01. The van der Waals surface area contributed by atoms with Gasteiger partial charge in [-0.1, -0.05) is 0 Å². The van der Waals surface area contributed by atoms with Gasteiger partial charge < -0.3 is 11.1 Å². The fourth-order valence-corrected chi connectivity index (χ4v) is 1.30. The van der Waals surface area contributed by atoms with E-state index in [1.54, 1.807) is 13.0 Å². The SMILES string of the molecule is Cc1cc(NC(=O)[C@@H](C)N)c([N+](=O)[O-])cc1C. The average Bonchev–Trinajstić information content (AvgIpc) is 2.22. The fraction of sp³-hybridized carbons (Fsp3) is 0.364. The summed E-state index contributed by atoms with van der Waals surface area (Å²) < 4.78 is 0. The minimum atomic E-state index is -0.712. The topological polar surface area (TPSA) is 98.3 Å². The molecule has 17 heavy (non-hydrogen) atoms. The first-order valence-corrected chi connectivity index (χ1v) is 5.15. The molecule has 1 rings (SSSR count). The van der Waals surface area contributed by atoms with Crippen LogP contribution >= 0.6 is 0 Å². The van der Waals surface area contributed by atoms with Crippen molar-refractivity contribution in [3.63, 3.8) is 0 Å². The van der Waals surface area contributed by atoms with Crippen LogP contribution in [0.5, 0.6) is 0 Å². The molecule has 0 saturated carbocycles. The molecule has 6 nitrogen and oxygen atoms in total. The summed E-state index contributed by atoms with van der Waals surface area (Å²) >= 11 is 0. The molecule has 1 amide bonds. The van der Waals surface area contributed by atoms with E-state index in [-0.39, 0.29) is 11.4 Å². The first kappa shape index (κ1) is 13.1. The summed E-state index contributed by atoms with van der Waals surface area (Å²) in [5.41, 5.74) is 7.13. The largest absolute Gasteiger partial charge is 0.320 e. The van der Waals surface area contributed by atoms with Gasteiger partial charge in [0.15, 0.2) is 0 Å². The lowest BCUT2D eigenvalue weighted by molar-refractivity contribution is -0.384. The Hall–Kier alpha value is -1.95. The van der Waals surface area contributed by atoms with Crippen LogP contribution in [0, 0.1) is 24.0 Å². The number of rotatable bonds is 3. The molecule has 0 radical (unpaired) electrons. The van der Waals surface area contributed by atoms with E-state index in [4.69, 9.17) is 5.73 Å². The van der Waals surface area contributed by atoms with Crippen molar-refractivity contribution < 1.29 is 9.72 Å². The number of nitrogens with two attached hydrogens (primary N) is 1. The summed E-state index contributed by atoms with van der Waals surface area (Å²) in [5, 5.41) is 13.3. The van der Waals surface area contributed by atoms with Crippen molar-refractivity contribution in [3.05, 3.63) is 33.4 Å². The van der Waals surface area contributed by atoms with Crippen molar-refractivity contribution in [1.82, 2.24) is 0 Å². The Bertz CT molecular complexity index is 469. The number of nitro benzene ring substituents is 1. The summed E-state index contributed by atoms with van der Waals surface area (Å²) in [5.74, 6) is -0.448. The molecule has 1 aromatic rings. The van der Waals surface area contributed by atoms with E-state index in [2.05, 4.69) is 5.32 Å². The number of nitro groups is 1. The maximum atomic E-state index is 11.4. The van der Waals surface area contributed by atoms with E-state index in [1.165, 1.54) is 13.0 Å². The lowest BCUT2D eigenvalue weighted by atomic mass is 10.1. The van der Waals surface area contributed by atoms with Gasteiger partial charge in [0, 0.05) is 6.07 Å². The highest BCUT2D eigenvalue weighted by molar-refractivity contribution is 5.96. The Labute approximate surface area is 99.0 Å². The van der Waals surface area contributed by atoms with Crippen LogP contribution in [0.1, 0.15) is 18.1 Å². The molecule has 0 aliphatic rings. The first-order valence-electron chi connectivity index (χ1n) is 5.15. The second kappa shape index (κ2) is 4.92. The highest BCUT2D eigenvalue weighted by atomic mass is 16.6. The average molecular weight is 237 g/mol. The van der Waals surface area contributed by atoms with E-state index >= 15 is 0 Å². The fourth-order valence-electron chi connectivity index (χ4n) is 1.30. The van der Waals surface area contributed by atoms with Crippen LogP contribution in [0.15, 0.2) is 12.1 Å². The Morgan fingerprint density at radius 1 is 1.41 bits per heavy atom. The molecule has 0 spiro atoms. The van der Waals surface area contributed by atoms with Gasteiger partial charge >= 0.3 is 0 Å². The molecule has 0 aliphatic carbocycles. The molecule has 1 aromatic carbocycles. The molecular weight excluding hydrogens is 222 g/mol. The van der Waals surface area contributed by atoms with E-state index in [0.29, 0.717) is 0 Å². The lowest BCUT2D eigenvalue weighted by Crippen LogP contribution is -2.32. The minimum Gasteiger partial charge on any atom is -0.320 e. The molecular formula is C11H15N3O3. The predicted molar refractivity (Wildman–Crippen MR) is 64.8 cm³/mol. The Morgan fingerprint density at radius 3 is 2.41 bits per heavy atom. The van der Waals surface area contributed by atoms with Crippen molar-refractivity contribution in [2.45, 2.75) is 26.8 Å². The number of aryl methyl sites for hydroxylation is 2. The van der Waals surface area contributed by atoms with E-state index in [9.17, 15) is 14.9 Å². The number of anilines is 1. The Kier molecular flexibility index (Phi) is 3.80. The number of hydrogen-bond donors (Lipinski definition) is 2. The zero-order chi connectivity index (χ0) is 13.2. The zero-order valence-electron chi connectivity index (χ0n) is 9.98. The first-order chi connectivity index (χ1) is 7.82. The maximum absolute atomic E-state index is 11.4. The van der Waals surface area contributed by atoms with Gasteiger partial charge in [-0.25, -0.2) is 0 Å². The Morgan fingerprint density at radius 2 is 1.94 bits per heavy atom. The molecule has 0 unspecified atom stereocenters. The molecule has 0 saturated heterocycles. The molecule has 0 aliphatic heterocycles. The molecule has 0 fully saturated rings. The molecule has 3 N–H and O–H groups in total. The smallest absolute Gasteiger partial charge is 0.293 e. The normalized spacial score (nSPS) is 12.0. The van der Waals surface area contributed by atoms with Crippen LogP contribution in [-0.4, -0.2) is 16.9 Å². The van der Waals surface area contributed by atoms with Crippen LogP contribution in [0.3, 0.4) is 0 Å². The molecule has 1 atom stereocenters. The standard InChI is InChI=1S/C11H15N3O3/c1-6-4-9(13-11(15)8(3)12)10(14(16)17)5-7(6)2/h4-5,8H,12H2,1-3H3,(H,13,15)/t8-/m1/s1. The zero-order valence-corrected chi connectivity index (χ0v) is 9.98. The highest BCUT2D eigenvalue weighted by Crippen LogP contribution is 2.27. The number of amides is 1. The third-order valence-corrected chi connectivity index (χ3v) is 2.48. The number of carbonyl (C=O) groups excluding carboxylic acids is 1. The minimum absolute atomic E-state index is 0.123. The number of nitrogens with zero attached hydrogens (tertiary/aromatic N) is 1. The highest BCUT2D eigenvalue weighted by Gasteiger charge is 2.18. The van der Waals surface area contributed by atoms with Crippen molar-refractivity contribution in [3.8, 4) is 0 Å². The van der Waals surface area contributed by atoms with Crippen molar-refractivity contribution >= 4 is 17.3 Å². The molecule has 0 heterocycles. The number of hydrogen-bond acceptors (Lipinski definition) is 4. The van der Waals surface area contributed by atoms with Crippen LogP contribution in [0.4, 0.5) is 11.4 Å². The van der Waals surface area contributed by atoms with Gasteiger partial charge in [-0.3, -0.25) is 14.9 Å². The molecule has 6 heteroatoms. The van der Waals surface area contributed by atoms with Crippen LogP contribution in [-0.2, 0) is 4.79 Å². The van der Waals surface area contributed by atoms with Crippen LogP contribution < -0.4 is 11.1 Å². The number of nitrogens with one attached hydrogen (secondary N) is 1. The van der Waals surface area contributed by atoms with Crippen molar-refractivity contribution in [2.75, 3.05) is 5.32 Å². The van der Waals surface area contributed by atoms with Gasteiger partial charge in [0.05, 0.1) is 11.0 Å². The summed E-state index contributed by atoms with van der Waals surface area (Å²) in [6.07, 6.45) is 0. The molecule has 0 aromatic heterocycles. The summed E-state index contributed by atoms with van der Waals surface area (Å²) in [4.78, 5) is 21.8. The third-order valence-electron chi connectivity index (χ3n) is 2.48. The van der Waals surface area contributed by atoms with Crippen molar-refractivity contribution in [1.29, 1.82) is 0 Å². The predicted octanol–water partition coefficient (Wildman–Crippen LogP) is 1.50. The van der Waals surface area contributed by atoms with E-state index in [1.807, 2.05) is 6.92 Å². The van der Waals surface area contributed by atoms with Gasteiger partial charge in [0.1, 0.15) is 5.69 Å². The summed E-state index contributed by atoms with van der Waals surface area (Å²) in [6.45, 7) is 5.11. The maximum Gasteiger partial charge on any atom is 0.293 e. The quantitative estimate of drug-likeness (QED) is 0.614. The lowest BCUT2D eigenvalue weighted by Gasteiger charge is -2.10. The van der Waals surface area contributed by atoms with Gasteiger partial charge in [0.25, 0.3) is 5.69 Å². The van der Waals surface area contributed by atoms with Gasteiger partial charge in [-0.05, 0) is 38.0 Å². The van der Waals surface area contributed by atoms with Crippen molar-refractivity contribution in [2.24, 2.45) is 5.73 Å².